The summed E-state index contributed by atoms with van der Waals surface area (Å²) in [5.74, 6) is -0.200. The monoisotopic (exact) mass is 228 g/mol. The molecule has 0 heterocycles. The number of esters is 1. The fourth-order valence-electron chi connectivity index (χ4n) is 1.91. The van der Waals surface area contributed by atoms with Gasteiger partial charge in [0.15, 0.2) is 0 Å². The first-order valence-corrected chi connectivity index (χ1v) is 5.81. The van der Waals surface area contributed by atoms with E-state index < -0.39 is 0 Å². The molecule has 2 rings (SSSR count). The molecule has 0 aliphatic carbocycles. The number of carbonyl (C=O) groups is 1. The number of methoxy groups -OCH3 is 1. The number of hydrogen-bond donors (Lipinski definition) is 0. The lowest BCUT2D eigenvalue weighted by atomic mass is 10.0. The van der Waals surface area contributed by atoms with Crippen LogP contribution in [-0.2, 0) is 22.4 Å². The van der Waals surface area contributed by atoms with E-state index in [1.807, 2.05) is 12.1 Å². The molecule has 0 aliphatic rings. The Labute approximate surface area is 101 Å². The molecule has 88 valence electrons. The zero-order valence-electron chi connectivity index (χ0n) is 10.2. The van der Waals surface area contributed by atoms with Gasteiger partial charge in [-0.1, -0.05) is 43.3 Å². The summed E-state index contributed by atoms with van der Waals surface area (Å²) < 4.78 is 4.66. The summed E-state index contributed by atoms with van der Waals surface area (Å²) in [5.41, 5.74) is 2.33. The van der Waals surface area contributed by atoms with Crippen molar-refractivity contribution in [2.24, 2.45) is 0 Å². The van der Waals surface area contributed by atoms with E-state index in [0.29, 0.717) is 6.42 Å². The number of hydrogen-bond acceptors (Lipinski definition) is 2. The van der Waals surface area contributed by atoms with Gasteiger partial charge in [-0.3, -0.25) is 4.79 Å². The number of rotatable bonds is 3. The standard InChI is InChI=1S/C15H16O2/c1-3-11-4-6-14-9-12(10-15(16)17-2)5-7-13(14)8-11/h4-9H,3,10H2,1-2H3. The minimum atomic E-state index is -0.200. The SMILES string of the molecule is CCc1ccc2cc(CC(=O)OC)ccc2c1. The normalized spacial score (nSPS) is 10.5. The van der Waals surface area contributed by atoms with Crippen molar-refractivity contribution in [2.75, 3.05) is 7.11 Å². The number of ether oxygens (including phenoxy) is 1. The smallest absolute Gasteiger partial charge is 0.309 e. The molecular formula is C15H16O2. The molecule has 2 aromatic carbocycles. The number of aryl methyl sites for hydroxylation is 1. The van der Waals surface area contributed by atoms with E-state index in [9.17, 15) is 4.79 Å². The van der Waals surface area contributed by atoms with Crippen molar-refractivity contribution in [2.45, 2.75) is 19.8 Å². The number of carbonyl (C=O) groups excluding carboxylic acids is 1. The molecule has 0 saturated heterocycles. The van der Waals surface area contributed by atoms with Crippen LogP contribution in [0.4, 0.5) is 0 Å². The highest BCUT2D eigenvalue weighted by atomic mass is 16.5. The molecule has 0 aromatic heterocycles. The second kappa shape index (κ2) is 5.00. The van der Waals surface area contributed by atoms with Gasteiger partial charge in [0.1, 0.15) is 0 Å². The molecule has 0 N–H and O–H groups in total. The maximum Gasteiger partial charge on any atom is 0.309 e. The predicted molar refractivity (Wildman–Crippen MR) is 69.0 cm³/mol. The van der Waals surface area contributed by atoms with Crippen LogP contribution in [0.25, 0.3) is 10.8 Å². The first kappa shape index (κ1) is 11.6. The first-order valence-electron chi connectivity index (χ1n) is 5.81. The summed E-state index contributed by atoms with van der Waals surface area (Å²) in [6.45, 7) is 2.15. The van der Waals surface area contributed by atoms with Gasteiger partial charge in [0.2, 0.25) is 0 Å². The second-order valence-electron chi connectivity index (χ2n) is 4.12. The molecule has 17 heavy (non-hydrogen) atoms. The van der Waals surface area contributed by atoms with E-state index in [4.69, 9.17) is 0 Å². The molecule has 2 aromatic rings. The van der Waals surface area contributed by atoms with E-state index in [2.05, 4.69) is 35.9 Å². The minimum Gasteiger partial charge on any atom is -0.469 e. The lowest BCUT2D eigenvalue weighted by Gasteiger charge is -2.04. The quantitative estimate of drug-likeness (QED) is 0.754. The third-order valence-electron chi connectivity index (χ3n) is 2.95. The second-order valence-corrected chi connectivity index (χ2v) is 4.12. The van der Waals surface area contributed by atoms with Crippen LogP contribution >= 0.6 is 0 Å². The summed E-state index contributed by atoms with van der Waals surface area (Å²) in [5, 5.41) is 2.39. The Morgan fingerprint density at radius 2 is 1.65 bits per heavy atom. The topological polar surface area (TPSA) is 26.3 Å². The summed E-state index contributed by atoms with van der Waals surface area (Å²) in [6.07, 6.45) is 1.38. The van der Waals surface area contributed by atoms with Crippen molar-refractivity contribution in [3.8, 4) is 0 Å². The highest BCUT2D eigenvalue weighted by Gasteiger charge is 2.03. The van der Waals surface area contributed by atoms with Crippen LogP contribution in [0.3, 0.4) is 0 Å². The molecular weight excluding hydrogens is 212 g/mol. The van der Waals surface area contributed by atoms with Gasteiger partial charge in [-0.15, -0.1) is 0 Å². The Morgan fingerprint density at radius 3 is 2.24 bits per heavy atom. The van der Waals surface area contributed by atoms with Crippen molar-refractivity contribution in [1.29, 1.82) is 0 Å². The number of fused-ring (bicyclic) bond motifs is 1. The molecule has 0 atom stereocenters. The van der Waals surface area contributed by atoms with Crippen LogP contribution in [0.5, 0.6) is 0 Å². The maximum atomic E-state index is 11.2. The van der Waals surface area contributed by atoms with Gasteiger partial charge in [0.25, 0.3) is 0 Å². The van der Waals surface area contributed by atoms with Crippen molar-refractivity contribution < 1.29 is 9.53 Å². The van der Waals surface area contributed by atoms with Crippen LogP contribution in [-0.4, -0.2) is 13.1 Å². The van der Waals surface area contributed by atoms with Crippen LogP contribution in [0.1, 0.15) is 18.1 Å². The molecule has 0 bridgehead atoms. The Hall–Kier alpha value is -1.83. The van der Waals surface area contributed by atoms with E-state index in [0.717, 1.165) is 12.0 Å². The average molecular weight is 228 g/mol. The maximum absolute atomic E-state index is 11.2. The lowest BCUT2D eigenvalue weighted by Crippen LogP contribution is -2.04. The lowest BCUT2D eigenvalue weighted by molar-refractivity contribution is -0.139. The molecule has 2 heteroatoms. The summed E-state index contributed by atoms with van der Waals surface area (Å²) >= 11 is 0. The molecule has 0 aliphatic heterocycles. The Morgan fingerprint density at radius 1 is 1.06 bits per heavy atom. The number of benzene rings is 2. The molecule has 0 spiro atoms. The molecule has 0 amide bonds. The molecule has 2 nitrogen and oxygen atoms in total. The van der Waals surface area contributed by atoms with Gasteiger partial charge < -0.3 is 4.74 Å². The zero-order chi connectivity index (χ0) is 12.3. The van der Waals surface area contributed by atoms with Crippen LogP contribution in [0.15, 0.2) is 36.4 Å². The van der Waals surface area contributed by atoms with Crippen LogP contribution in [0.2, 0.25) is 0 Å². The third kappa shape index (κ3) is 2.64. The van der Waals surface area contributed by atoms with Crippen LogP contribution in [0, 0.1) is 0 Å². The van der Waals surface area contributed by atoms with Crippen molar-refractivity contribution in [1.82, 2.24) is 0 Å². The van der Waals surface area contributed by atoms with E-state index in [-0.39, 0.29) is 5.97 Å². The first-order chi connectivity index (χ1) is 8.22. The van der Waals surface area contributed by atoms with Gasteiger partial charge in [-0.2, -0.15) is 0 Å². The van der Waals surface area contributed by atoms with E-state index in [1.165, 1.54) is 23.4 Å². The highest BCUT2D eigenvalue weighted by Crippen LogP contribution is 2.18. The largest absolute Gasteiger partial charge is 0.469 e. The predicted octanol–water partition coefficient (Wildman–Crippen LogP) is 3.12. The van der Waals surface area contributed by atoms with E-state index >= 15 is 0 Å². The third-order valence-corrected chi connectivity index (χ3v) is 2.95. The van der Waals surface area contributed by atoms with Gasteiger partial charge in [-0.05, 0) is 28.3 Å². The van der Waals surface area contributed by atoms with Gasteiger partial charge in [-0.25, -0.2) is 0 Å². The molecule has 0 radical (unpaired) electrons. The average Bonchev–Trinajstić information content (AvgIpc) is 2.38. The fraction of sp³-hybridized carbons (Fsp3) is 0.267. The minimum absolute atomic E-state index is 0.200. The summed E-state index contributed by atoms with van der Waals surface area (Å²) in [4.78, 5) is 11.2. The van der Waals surface area contributed by atoms with Crippen molar-refractivity contribution in [3.63, 3.8) is 0 Å². The van der Waals surface area contributed by atoms with Gasteiger partial charge >= 0.3 is 5.97 Å². The van der Waals surface area contributed by atoms with Crippen LogP contribution < -0.4 is 0 Å². The highest BCUT2D eigenvalue weighted by molar-refractivity contribution is 5.85. The van der Waals surface area contributed by atoms with Crippen molar-refractivity contribution >= 4 is 16.7 Å². The van der Waals surface area contributed by atoms with Gasteiger partial charge in [0, 0.05) is 0 Å². The van der Waals surface area contributed by atoms with Crippen molar-refractivity contribution in [3.05, 3.63) is 47.5 Å². The Bertz CT molecular complexity index is 544. The molecule has 0 unspecified atom stereocenters. The molecule has 0 fully saturated rings. The fourth-order valence-corrected chi connectivity index (χ4v) is 1.91. The molecule has 0 saturated carbocycles. The summed E-state index contributed by atoms with van der Waals surface area (Å²) in [7, 11) is 1.41. The van der Waals surface area contributed by atoms with Gasteiger partial charge in [0.05, 0.1) is 13.5 Å². The summed E-state index contributed by atoms with van der Waals surface area (Å²) in [6, 6.07) is 12.5. The Balaban J connectivity index is 2.34. The van der Waals surface area contributed by atoms with E-state index in [1.54, 1.807) is 0 Å². The zero-order valence-corrected chi connectivity index (χ0v) is 10.2. The Kier molecular flexibility index (Phi) is 3.43.